The van der Waals surface area contributed by atoms with E-state index in [1.165, 1.54) is 0 Å². The van der Waals surface area contributed by atoms with Crippen molar-refractivity contribution in [1.82, 2.24) is 29.5 Å². The lowest BCUT2D eigenvalue weighted by Crippen LogP contribution is -2.51. The number of aliphatic carboxylic acids is 1. The van der Waals surface area contributed by atoms with Crippen LogP contribution >= 0.6 is 0 Å². The van der Waals surface area contributed by atoms with E-state index in [-0.39, 0.29) is 0 Å². The molecule has 3 aromatic rings. The highest BCUT2D eigenvalue weighted by atomic mass is 16.4. The summed E-state index contributed by atoms with van der Waals surface area (Å²) in [5.74, 6) is 1.44. The van der Waals surface area contributed by atoms with Crippen molar-refractivity contribution in [3.63, 3.8) is 0 Å². The molecule has 0 bridgehead atoms. The van der Waals surface area contributed by atoms with Gasteiger partial charge in [0.2, 0.25) is 0 Å². The molecule has 0 atom stereocenters. The maximum atomic E-state index is 11.9. The van der Waals surface area contributed by atoms with Crippen LogP contribution in [0.2, 0.25) is 0 Å². The quantitative estimate of drug-likeness (QED) is 0.753. The monoisotopic (exact) mass is 353 g/mol. The van der Waals surface area contributed by atoms with Crippen LogP contribution in [0.3, 0.4) is 0 Å². The topological polar surface area (TPSA) is 102 Å². The van der Waals surface area contributed by atoms with Crippen LogP contribution in [0.5, 0.6) is 0 Å². The summed E-state index contributed by atoms with van der Waals surface area (Å²) in [7, 11) is 0. The molecule has 1 N–H and O–H groups in total. The average molecular weight is 353 g/mol. The summed E-state index contributed by atoms with van der Waals surface area (Å²) in [5.41, 5.74) is -0.999. The maximum Gasteiger partial charge on any atom is 0.331 e. The average Bonchev–Trinajstić information content (AvgIpc) is 3.34. The van der Waals surface area contributed by atoms with E-state index in [9.17, 15) is 9.90 Å². The lowest BCUT2D eigenvalue weighted by Gasteiger charge is -2.39. The third kappa shape index (κ3) is 2.61. The summed E-state index contributed by atoms with van der Waals surface area (Å²) in [6, 6.07) is 5.55. The van der Waals surface area contributed by atoms with Crippen molar-refractivity contribution in [1.29, 1.82) is 0 Å². The largest absolute Gasteiger partial charge is 0.479 e. The van der Waals surface area contributed by atoms with Gasteiger partial charge in [-0.2, -0.15) is 5.10 Å². The van der Waals surface area contributed by atoms with E-state index >= 15 is 0 Å². The number of hydrogen-bond acceptors (Lipinski definition) is 6. The van der Waals surface area contributed by atoms with Gasteiger partial charge in [0.15, 0.2) is 17.2 Å². The van der Waals surface area contributed by atoms with Crippen molar-refractivity contribution in [2.45, 2.75) is 25.3 Å². The Bertz CT molecular complexity index is 894. The van der Waals surface area contributed by atoms with Gasteiger partial charge in [0, 0.05) is 50.7 Å². The fraction of sp³-hybridized carbons (Fsp3) is 0.353. The number of aromatic nitrogens is 6. The Balaban J connectivity index is 1.51. The predicted octanol–water partition coefficient (Wildman–Crippen LogP) is 1.25. The Kier molecular flexibility index (Phi) is 3.90. The second-order valence-electron chi connectivity index (χ2n) is 6.37. The highest BCUT2D eigenvalue weighted by Crippen LogP contribution is 2.31. The summed E-state index contributed by atoms with van der Waals surface area (Å²) in [4.78, 5) is 18.2. The molecule has 1 saturated heterocycles. The van der Waals surface area contributed by atoms with E-state index in [1.54, 1.807) is 29.3 Å². The van der Waals surface area contributed by atoms with Gasteiger partial charge in [-0.1, -0.05) is 0 Å². The normalized spacial score (nSPS) is 16.6. The van der Waals surface area contributed by atoms with Crippen LogP contribution in [0.25, 0.3) is 5.82 Å². The van der Waals surface area contributed by atoms with Crippen LogP contribution in [-0.4, -0.2) is 53.7 Å². The molecule has 0 saturated carbocycles. The first-order valence-corrected chi connectivity index (χ1v) is 8.43. The van der Waals surface area contributed by atoms with E-state index in [0.717, 1.165) is 11.6 Å². The van der Waals surface area contributed by atoms with Gasteiger partial charge in [-0.3, -0.25) is 9.25 Å². The van der Waals surface area contributed by atoms with Crippen LogP contribution in [0.4, 0.5) is 5.82 Å². The molecule has 3 aromatic heterocycles. The summed E-state index contributed by atoms with van der Waals surface area (Å²) < 4.78 is 3.42. The number of imidazole rings is 1. The predicted molar refractivity (Wildman–Crippen MR) is 93.2 cm³/mol. The Morgan fingerprint density at radius 3 is 2.38 bits per heavy atom. The van der Waals surface area contributed by atoms with Gasteiger partial charge in [-0.05, 0) is 25.1 Å². The van der Waals surface area contributed by atoms with Crippen molar-refractivity contribution in [3.05, 3.63) is 48.8 Å². The van der Waals surface area contributed by atoms with Gasteiger partial charge in [0.05, 0.1) is 0 Å². The number of nitrogens with zero attached hydrogens (tertiary/aromatic N) is 7. The smallest absolute Gasteiger partial charge is 0.331 e. The van der Waals surface area contributed by atoms with Crippen molar-refractivity contribution in [3.8, 4) is 5.82 Å². The SMILES string of the molecule is Cc1nccn1-c1ccc(N2CCC(C(=O)O)(n3cccn3)CC2)nn1. The van der Waals surface area contributed by atoms with Crippen molar-refractivity contribution < 1.29 is 9.90 Å². The van der Waals surface area contributed by atoms with Crippen LogP contribution in [0.15, 0.2) is 43.0 Å². The number of carboxylic acids is 1. The molecule has 9 nitrogen and oxygen atoms in total. The zero-order chi connectivity index (χ0) is 18.1. The van der Waals surface area contributed by atoms with Crippen molar-refractivity contribution in [2.75, 3.05) is 18.0 Å². The lowest BCUT2D eigenvalue weighted by molar-refractivity contribution is -0.149. The molecule has 26 heavy (non-hydrogen) atoms. The van der Waals surface area contributed by atoms with Crippen LogP contribution in [0, 0.1) is 6.92 Å². The molecule has 1 fully saturated rings. The summed E-state index contributed by atoms with van der Waals surface area (Å²) in [6.07, 6.45) is 7.79. The standard InChI is InChI=1S/C17H19N7O2/c1-13-18-8-12-23(13)15-4-3-14(20-21-15)22-10-5-17(6-11-22,16(25)26)24-9-2-7-19-24/h2-4,7-9,12H,5-6,10-11H2,1H3,(H,25,26). The number of rotatable bonds is 4. The molecule has 4 rings (SSSR count). The highest BCUT2D eigenvalue weighted by Gasteiger charge is 2.44. The van der Waals surface area contributed by atoms with Gasteiger partial charge in [-0.15, -0.1) is 10.2 Å². The summed E-state index contributed by atoms with van der Waals surface area (Å²) in [5, 5.41) is 22.5. The Labute approximate surface area is 149 Å². The third-order valence-corrected chi connectivity index (χ3v) is 4.96. The van der Waals surface area contributed by atoms with E-state index in [0.29, 0.717) is 31.7 Å². The molecule has 9 heteroatoms. The Morgan fingerprint density at radius 1 is 1.12 bits per heavy atom. The minimum atomic E-state index is -0.999. The number of aryl methyl sites for hydroxylation is 1. The Hall–Kier alpha value is -3.23. The van der Waals surface area contributed by atoms with Gasteiger partial charge in [0.1, 0.15) is 5.82 Å². The molecular formula is C17H19N7O2. The number of hydrogen-bond donors (Lipinski definition) is 1. The maximum absolute atomic E-state index is 11.9. The summed E-state index contributed by atoms with van der Waals surface area (Å²) >= 11 is 0. The van der Waals surface area contributed by atoms with Crippen LogP contribution < -0.4 is 4.90 Å². The molecule has 0 unspecified atom stereocenters. The van der Waals surface area contributed by atoms with Crippen molar-refractivity contribution in [2.24, 2.45) is 0 Å². The zero-order valence-corrected chi connectivity index (χ0v) is 14.4. The van der Waals surface area contributed by atoms with Gasteiger partial charge < -0.3 is 10.0 Å². The number of piperidine rings is 1. The van der Waals surface area contributed by atoms with Crippen molar-refractivity contribution >= 4 is 11.8 Å². The van der Waals surface area contributed by atoms with E-state index < -0.39 is 11.5 Å². The molecule has 0 aliphatic carbocycles. The van der Waals surface area contributed by atoms with Gasteiger partial charge in [-0.25, -0.2) is 9.78 Å². The van der Waals surface area contributed by atoms with E-state index in [4.69, 9.17) is 0 Å². The number of anilines is 1. The zero-order valence-electron chi connectivity index (χ0n) is 14.4. The third-order valence-electron chi connectivity index (χ3n) is 4.96. The fourth-order valence-corrected chi connectivity index (χ4v) is 3.40. The minimum absolute atomic E-state index is 0.452. The first-order chi connectivity index (χ1) is 12.6. The van der Waals surface area contributed by atoms with E-state index in [1.807, 2.05) is 29.8 Å². The molecule has 1 aliphatic heterocycles. The Morgan fingerprint density at radius 2 is 1.85 bits per heavy atom. The van der Waals surface area contributed by atoms with Gasteiger partial charge in [0.25, 0.3) is 0 Å². The minimum Gasteiger partial charge on any atom is -0.479 e. The van der Waals surface area contributed by atoms with E-state index in [2.05, 4.69) is 25.2 Å². The number of carboxylic acid groups (broad SMARTS) is 1. The molecule has 1 aliphatic rings. The molecule has 0 aromatic carbocycles. The second-order valence-corrected chi connectivity index (χ2v) is 6.37. The molecule has 134 valence electrons. The molecule has 0 radical (unpaired) electrons. The molecule has 0 amide bonds. The van der Waals surface area contributed by atoms with Crippen LogP contribution in [-0.2, 0) is 10.3 Å². The first-order valence-electron chi connectivity index (χ1n) is 8.43. The molecular weight excluding hydrogens is 334 g/mol. The molecule has 4 heterocycles. The number of carbonyl (C=O) groups is 1. The fourth-order valence-electron chi connectivity index (χ4n) is 3.40. The highest BCUT2D eigenvalue weighted by molar-refractivity contribution is 5.77. The second kappa shape index (κ2) is 6.25. The molecule has 0 spiro atoms. The van der Waals surface area contributed by atoms with Crippen LogP contribution in [0.1, 0.15) is 18.7 Å². The first kappa shape index (κ1) is 16.2. The van der Waals surface area contributed by atoms with Gasteiger partial charge >= 0.3 is 5.97 Å². The lowest BCUT2D eigenvalue weighted by atomic mass is 9.87. The summed E-state index contributed by atoms with van der Waals surface area (Å²) in [6.45, 7) is 3.05.